The molecule has 0 aliphatic rings. The van der Waals surface area contributed by atoms with Crippen molar-refractivity contribution in [1.82, 2.24) is 14.6 Å². The molecule has 2 heterocycles. The molecule has 3 aromatic rings. The molecule has 6 heteroatoms. The van der Waals surface area contributed by atoms with Crippen LogP contribution in [0.4, 0.5) is 8.78 Å². The van der Waals surface area contributed by atoms with Crippen LogP contribution in [-0.4, -0.2) is 14.6 Å². The van der Waals surface area contributed by atoms with Gasteiger partial charge in [-0.3, -0.25) is 0 Å². The van der Waals surface area contributed by atoms with Gasteiger partial charge >= 0.3 is 0 Å². The molecule has 0 fully saturated rings. The molecule has 3 nitrogen and oxygen atoms in total. The van der Waals surface area contributed by atoms with E-state index < -0.39 is 11.6 Å². The predicted molar refractivity (Wildman–Crippen MR) is 74.8 cm³/mol. The average molecular weight is 293 g/mol. The Balaban J connectivity index is 2.01. The molecule has 20 heavy (non-hydrogen) atoms. The molecule has 2 aromatic heterocycles. The second-order valence-corrected chi connectivity index (χ2v) is 6.09. The smallest absolute Gasteiger partial charge is 0.212 e. The Hall–Kier alpha value is -1.82. The van der Waals surface area contributed by atoms with Crippen LogP contribution in [0.1, 0.15) is 18.9 Å². The summed E-state index contributed by atoms with van der Waals surface area (Å²) in [6.07, 6.45) is 2.52. The van der Waals surface area contributed by atoms with Gasteiger partial charge < -0.3 is 0 Å². The summed E-state index contributed by atoms with van der Waals surface area (Å²) >= 11 is 1.48. The summed E-state index contributed by atoms with van der Waals surface area (Å²) in [6, 6.07) is 4.08. The third-order valence-corrected chi connectivity index (χ3v) is 3.84. The second-order valence-electron chi connectivity index (χ2n) is 5.05. The third kappa shape index (κ3) is 2.31. The van der Waals surface area contributed by atoms with Gasteiger partial charge in [-0.2, -0.15) is 5.10 Å². The van der Waals surface area contributed by atoms with Crippen LogP contribution in [0, 0.1) is 17.6 Å². The molecule has 0 unspecified atom stereocenters. The minimum atomic E-state index is -0.874. The van der Waals surface area contributed by atoms with Crippen LogP contribution in [0.2, 0.25) is 0 Å². The van der Waals surface area contributed by atoms with Crippen molar-refractivity contribution in [2.45, 2.75) is 20.3 Å². The van der Waals surface area contributed by atoms with E-state index in [0.29, 0.717) is 16.6 Å². The van der Waals surface area contributed by atoms with E-state index in [1.165, 1.54) is 23.5 Å². The molecule has 0 saturated carbocycles. The number of nitrogens with zero attached hydrogens (tertiary/aromatic N) is 3. The molecule has 0 N–H and O–H groups in total. The molecule has 3 rings (SSSR count). The van der Waals surface area contributed by atoms with Gasteiger partial charge in [0.2, 0.25) is 4.96 Å². The highest BCUT2D eigenvalue weighted by Gasteiger charge is 2.15. The fraction of sp³-hybridized carbons (Fsp3) is 0.286. The largest absolute Gasteiger partial charge is 0.217 e. The lowest BCUT2D eigenvalue weighted by Gasteiger charge is -1.99. The highest BCUT2D eigenvalue weighted by atomic mass is 32.1. The van der Waals surface area contributed by atoms with E-state index in [4.69, 9.17) is 0 Å². The summed E-state index contributed by atoms with van der Waals surface area (Å²) in [5.74, 6) is -1.22. The number of halogens is 2. The number of hydrogen-bond donors (Lipinski definition) is 0. The first-order valence-corrected chi connectivity index (χ1v) is 7.15. The maximum atomic E-state index is 13.7. The van der Waals surface area contributed by atoms with Crippen LogP contribution in [0.25, 0.3) is 16.2 Å². The van der Waals surface area contributed by atoms with Gasteiger partial charge in [0.25, 0.3) is 0 Å². The summed E-state index contributed by atoms with van der Waals surface area (Å²) < 4.78 is 28.6. The topological polar surface area (TPSA) is 30.2 Å². The highest BCUT2D eigenvalue weighted by Crippen LogP contribution is 2.26. The van der Waals surface area contributed by atoms with E-state index >= 15 is 0 Å². The molecular weight excluding hydrogens is 280 g/mol. The first-order chi connectivity index (χ1) is 9.54. The van der Waals surface area contributed by atoms with Gasteiger partial charge in [0, 0.05) is 12.0 Å². The summed E-state index contributed by atoms with van der Waals surface area (Å²) in [7, 11) is 0. The van der Waals surface area contributed by atoms with Gasteiger partial charge in [0.15, 0.2) is 11.6 Å². The molecule has 0 spiro atoms. The van der Waals surface area contributed by atoms with Crippen LogP contribution >= 0.6 is 11.3 Å². The van der Waals surface area contributed by atoms with Crippen molar-refractivity contribution in [3.05, 3.63) is 41.0 Å². The monoisotopic (exact) mass is 293 g/mol. The molecule has 0 atom stereocenters. The van der Waals surface area contributed by atoms with E-state index in [1.54, 1.807) is 10.7 Å². The fourth-order valence-corrected chi connectivity index (χ4v) is 3.09. The fourth-order valence-electron chi connectivity index (χ4n) is 2.00. The minimum absolute atomic E-state index is 0.160. The molecule has 0 radical (unpaired) electrons. The molecule has 1 aromatic carbocycles. The van der Waals surface area contributed by atoms with Gasteiger partial charge in [-0.15, -0.1) is 0 Å². The van der Waals surface area contributed by atoms with E-state index in [0.717, 1.165) is 17.5 Å². The van der Waals surface area contributed by atoms with Gasteiger partial charge in [-0.05, 0) is 18.1 Å². The Morgan fingerprint density at radius 3 is 2.80 bits per heavy atom. The van der Waals surface area contributed by atoms with E-state index in [-0.39, 0.29) is 5.56 Å². The van der Waals surface area contributed by atoms with Crippen LogP contribution < -0.4 is 0 Å². The Kier molecular flexibility index (Phi) is 3.25. The van der Waals surface area contributed by atoms with Gasteiger partial charge in [-0.1, -0.05) is 31.3 Å². The lowest BCUT2D eigenvalue weighted by Crippen LogP contribution is -1.94. The molecule has 0 amide bonds. The number of fused-ring (bicyclic) bond motifs is 1. The van der Waals surface area contributed by atoms with Crippen molar-refractivity contribution < 1.29 is 8.78 Å². The Morgan fingerprint density at radius 2 is 2.10 bits per heavy atom. The quantitative estimate of drug-likeness (QED) is 0.732. The third-order valence-electron chi connectivity index (χ3n) is 2.90. The van der Waals surface area contributed by atoms with Crippen molar-refractivity contribution in [3.63, 3.8) is 0 Å². The molecule has 0 bridgehead atoms. The number of rotatable bonds is 3. The van der Waals surface area contributed by atoms with Crippen molar-refractivity contribution in [1.29, 1.82) is 0 Å². The number of benzene rings is 1. The molecule has 0 aliphatic heterocycles. The number of hydrogen-bond acceptors (Lipinski definition) is 3. The van der Waals surface area contributed by atoms with E-state index in [9.17, 15) is 8.78 Å². The Labute approximate surface area is 118 Å². The summed E-state index contributed by atoms with van der Waals surface area (Å²) in [5.41, 5.74) is 0.560. The SMILES string of the molecule is CC(C)Cc1nn2cc(-c3cccc(F)c3F)nc2s1. The average Bonchev–Trinajstić information content (AvgIpc) is 2.89. The zero-order valence-electron chi connectivity index (χ0n) is 11.1. The predicted octanol–water partition coefficient (Wildman–Crippen LogP) is 3.93. The van der Waals surface area contributed by atoms with E-state index in [1.807, 2.05) is 0 Å². The van der Waals surface area contributed by atoms with Crippen LogP contribution in [-0.2, 0) is 6.42 Å². The highest BCUT2D eigenvalue weighted by molar-refractivity contribution is 7.16. The van der Waals surface area contributed by atoms with Crippen molar-refractivity contribution in [3.8, 4) is 11.3 Å². The standard InChI is InChI=1S/C14H13F2N3S/c1-8(2)6-12-18-19-7-11(17-14(19)20-12)9-4-3-5-10(15)13(9)16/h3-5,7-8H,6H2,1-2H3. The summed E-state index contributed by atoms with van der Waals surface area (Å²) in [4.78, 5) is 5.02. The zero-order valence-corrected chi connectivity index (χ0v) is 11.9. The first kappa shape index (κ1) is 13.2. The lowest BCUT2D eigenvalue weighted by molar-refractivity contribution is 0.511. The van der Waals surface area contributed by atoms with Gasteiger partial charge in [0.05, 0.1) is 11.9 Å². The van der Waals surface area contributed by atoms with Crippen LogP contribution in [0.3, 0.4) is 0 Å². The van der Waals surface area contributed by atoms with Crippen molar-refractivity contribution in [2.75, 3.05) is 0 Å². The first-order valence-electron chi connectivity index (χ1n) is 6.34. The number of aromatic nitrogens is 3. The lowest BCUT2D eigenvalue weighted by atomic mass is 10.1. The van der Waals surface area contributed by atoms with E-state index in [2.05, 4.69) is 23.9 Å². The molecule has 0 aliphatic carbocycles. The zero-order chi connectivity index (χ0) is 14.3. The molecule has 104 valence electrons. The Morgan fingerprint density at radius 1 is 1.30 bits per heavy atom. The number of imidazole rings is 1. The normalized spacial score (nSPS) is 11.7. The van der Waals surface area contributed by atoms with Gasteiger partial charge in [0.1, 0.15) is 5.01 Å². The molecular formula is C14H13F2N3S. The van der Waals surface area contributed by atoms with Crippen molar-refractivity contribution in [2.24, 2.45) is 5.92 Å². The minimum Gasteiger partial charge on any atom is -0.217 e. The van der Waals surface area contributed by atoms with Gasteiger partial charge in [-0.25, -0.2) is 18.3 Å². The second kappa shape index (κ2) is 4.94. The molecule has 0 saturated heterocycles. The van der Waals surface area contributed by atoms with Crippen molar-refractivity contribution >= 4 is 16.3 Å². The summed E-state index contributed by atoms with van der Waals surface area (Å²) in [5, 5.41) is 5.40. The summed E-state index contributed by atoms with van der Waals surface area (Å²) in [6.45, 7) is 4.25. The van der Waals surface area contributed by atoms with Crippen LogP contribution in [0.15, 0.2) is 24.4 Å². The maximum absolute atomic E-state index is 13.7. The van der Waals surface area contributed by atoms with Crippen LogP contribution in [0.5, 0.6) is 0 Å². The Bertz CT molecular complexity index is 729. The maximum Gasteiger partial charge on any atom is 0.212 e.